The van der Waals surface area contributed by atoms with Crippen LogP contribution in [0.15, 0.2) is 23.1 Å². The molecule has 1 fully saturated rings. The van der Waals surface area contributed by atoms with Crippen molar-refractivity contribution in [2.45, 2.75) is 23.5 Å². The van der Waals surface area contributed by atoms with Crippen LogP contribution >= 0.6 is 0 Å². The van der Waals surface area contributed by atoms with Gasteiger partial charge in [0.15, 0.2) is 0 Å². The Balaban J connectivity index is 2.47. The van der Waals surface area contributed by atoms with Crippen LogP contribution in [0.4, 0.5) is 8.78 Å². The Bertz CT molecular complexity index is 664. The number of carbonyl (C=O) groups is 1. The number of methoxy groups -OCH3 is 1. The fraction of sp³-hybridized carbons (Fsp3) is 0.417. The topological polar surface area (TPSA) is 83.9 Å². The predicted molar refractivity (Wildman–Crippen MR) is 66.7 cm³/mol. The Hall–Kier alpha value is -1.58. The summed E-state index contributed by atoms with van der Waals surface area (Å²) in [6, 6.07) is 0.731. The van der Waals surface area contributed by atoms with Gasteiger partial charge in [-0.2, -0.15) is 4.31 Å². The minimum absolute atomic E-state index is 0.164. The predicted octanol–water partition coefficient (Wildman–Crippen LogP) is 0.262. The van der Waals surface area contributed by atoms with Crippen LogP contribution in [-0.4, -0.2) is 49.6 Å². The van der Waals surface area contributed by atoms with Crippen molar-refractivity contribution in [2.24, 2.45) is 0 Å². The van der Waals surface area contributed by atoms with E-state index in [1.54, 1.807) is 0 Å². The molecule has 0 aliphatic carbocycles. The summed E-state index contributed by atoms with van der Waals surface area (Å²) in [5.74, 6) is -2.93. The Morgan fingerprint density at radius 1 is 1.43 bits per heavy atom. The van der Waals surface area contributed by atoms with Crippen LogP contribution < -0.4 is 0 Å². The summed E-state index contributed by atoms with van der Waals surface area (Å²) in [7, 11) is -3.40. The number of benzene rings is 1. The minimum Gasteiger partial charge on any atom is -0.468 e. The second kappa shape index (κ2) is 5.66. The highest BCUT2D eigenvalue weighted by Gasteiger charge is 2.45. The average Bonchev–Trinajstić information content (AvgIpc) is 2.83. The summed E-state index contributed by atoms with van der Waals surface area (Å²) in [5, 5.41) is 9.57. The van der Waals surface area contributed by atoms with Crippen molar-refractivity contribution in [1.82, 2.24) is 4.31 Å². The van der Waals surface area contributed by atoms with E-state index in [0.717, 1.165) is 13.2 Å². The number of hydrogen-bond acceptors (Lipinski definition) is 5. The molecule has 1 aromatic rings. The molecule has 1 N–H and O–H groups in total. The van der Waals surface area contributed by atoms with E-state index in [0.29, 0.717) is 16.4 Å². The molecule has 2 atom stereocenters. The molecule has 0 amide bonds. The highest BCUT2D eigenvalue weighted by molar-refractivity contribution is 7.89. The normalized spacial score (nSPS) is 23.2. The van der Waals surface area contributed by atoms with E-state index in [1.165, 1.54) is 0 Å². The van der Waals surface area contributed by atoms with Crippen LogP contribution in [0.3, 0.4) is 0 Å². The van der Waals surface area contributed by atoms with Gasteiger partial charge in [-0.05, 0) is 18.2 Å². The van der Waals surface area contributed by atoms with E-state index in [-0.39, 0.29) is 6.42 Å². The van der Waals surface area contributed by atoms with Gasteiger partial charge in [-0.15, -0.1) is 0 Å². The first-order valence-electron chi connectivity index (χ1n) is 6.00. The molecule has 1 aliphatic heterocycles. The van der Waals surface area contributed by atoms with Gasteiger partial charge in [-0.3, -0.25) is 4.79 Å². The van der Waals surface area contributed by atoms with Crippen molar-refractivity contribution in [1.29, 1.82) is 0 Å². The van der Waals surface area contributed by atoms with Gasteiger partial charge in [0, 0.05) is 13.0 Å². The minimum atomic E-state index is -4.47. The number of rotatable bonds is 3. The van der Waals surface area contributed by atoms with E-state index < -0.39 is 51.2 Å². The molecule has 6 nitrogen and oxygen atoms in total. The number of esters is 1. The van der Waals surface area contributed by atoms with Gasteiger partial charge in [-0.25, -0.2) is 17.2 Å². The Morgan fingerprint density at radius 2 is 2.10 bits per heavy atom. The van der Waals surface area contributed by atoms with E-state index in [4.69, 9.17) is 0 Å². The van der Waals surface area contributed by atoms with Crippen LogP contribution in [0.1, 0.15) is 6.42 Å². The van der Waals surface area contributed by atoms with Gasteiger partial charge < -0.3 is 9.84 Å². The van der Waals surface area contributed by atoms with Crippen molar-refractivity contribution >= 4 is 16.0 Å². The van der Waals surface area contributed by atoms with Gasteiger partial charge in [0.05, 0.1) is 13.2 Å². The van der Waals surface area contributed by atoms with Crippen LogP contribution in [0.25, 0.3) is 0 Å². The zero-order valence-electron chi connectivity index (χ0n) is 11.0. The number of carbonyl (C=O) groups excluding carboxylic acids is 1. The van der Waals surface area contributed by atoms with E-state index >= 15 is 0 Å². The monoisotopic (exact) mass is 321 g/mol. The third kappa shape index (κ3) is 2.89. The van der Waals surface area contributed by atoms with Crippen LogP contribution in [0, 0.1) is 11.6 Å². The smallest absolute Gasteiger partial charge is 0.324 e. The molecule has 1 aromatic carbocycles. The summed E-state index contributed by atoms with van der Waals surface area (Å²) >= 11 is 0. The first-order valence-corrected chi connectivity index (χ1v) is 7.44. The van der Waals surface area contributed by atoms with Crippen molar-refractivity contribution in [2.75, 3.05) is 13.7 Å². The average molecular weight is 321 g/mol. The summed E-state index contributed by atoms with van der Waals surface area (Å²) in [4.78, 5) is 10.7. The molecular formula is C12H13F2NO5S. The molecule has 0 spiro atoms. The number of aliphatic hydroxyl groups is 1. The number of aliphatic hydroxyl groups excluding tert-OH is 1. The molecule has 2 rings (SSSR count). The van der Waals surface area contributed by atoms with Gasteiger partial charge in [0.2, 0.25) is 10.0 Å². The van der Waals surface area contributed by atoms with Crippen molar-refractivity contribution < 1.29 is 31.8 Å². The molecule has 2 unspecified atom stereocenters. The SMILES string of the molecule is COC(=O)C1CC(O)CN1S(=O)(=O)c1cc(F)ccc1F. The van der Waals surface area contributed by atoms with E-state index in [2.05, 4.69) is 4.74 Å². The number of ether oxygens (including phenoxy) is 1. The lowest BCUT2D eigenvalue weighted by molar-refractivity contribution is -0.144. The highest BCUT2D eigenvalue weighted by atomic mass is 32.2. The number of nitrogens with zero attached hydrogens (tertiary/aromatic N) is 1. The third-order valence-electron chi connectivity index (χ3n) is 3.19. The largest absolute Gasteiger partial charge is 0.468 e. The van der Waals surface area contributed by atoms with E-state index in [9.17, 15) is 27.1 Å². The fourth-order valence-corrected chi connectivity index (χ4v) is 3.91. The quantitative estimate of drug-likeness (QED) is 0.808. The molecule has 1 aliphatic rings. The molecule has 116 valence electrons. The summed E-state index contributed by atoms with van der Waals surface area (Å²) < 4.78 is 56.7. The standard InChI is InChI=1S/C12H13F2NO5S/c1-20-12(17)10-5-8(16)6-15(10)21(18,19)11-4-7(13)2-3-9(11)14/h2-4,8,10,16H,5-6H2,1H3. The first kappa shape index (κ1) is 15.8. The number of sulfonamides is 1. The third-order valence-corrected chi connectivity index (χ3v) is 5.08. The lowest BCUT2D eigenvalue weighted by atomic mass is 10.2. The first-order chi connectivity index (χ1) is 9.77. The van der Waals surface area contributed by atoms with Crippen molar-refractivity contribution in [3.63, 3.8) is 0 Å². The van der Waals surface area contributed by atoms with Crippen molar-refractivity contribution in [3.05, 3.63) is 29.8 Å². The molecule has 0 bridgehead atoms. The van der Waals surface area contributed by atoms with Gasteiger partial charge in [-0.1, -0.05) is 0 Å². The molecular weight excluding hydrogens is 308 g/mol. The van der Waals surface area contributed by atoms with Crippen LogP contribution in [0.5, 0.6) is 0 Å². The van der Waals surface area contributed by atoms with Gasteiger partial charge >= 0.3 is 5.97 Å². The summed E-state index contributed by atoms with van der Waals surface area (Å²) in [5.41, 5.74) is 0. The van der Waals surface area contributed by atoms with Crippen LogP contribution in [0.2, 0.25) is 0 Å². The zero-order chi connectivity index (χ0) is 15.8. The summed E-state index contributed by atoms with van der Waals surface area (Å²) in [6.07, 6.45) is -1.25. The lowest BCUT2D eigenvalue weighted by Gasteiger charge is -2.22. The Morgan fingerprint density at radius 3 is 2.71 bits per heavy atom. The second-order valence-corrected chi connectivity index (χ2v) is 6.44. The van der Waals surface area contributed by atoms with Crippen molar-refractivity contribution in [3.8, 4) is 0 Å². The second-order valence-electron chi connectivity index (χ2n) is 4.58. The maximum absolute atomic E-state index is 13.7. The molecule has 9 heteroatoms. The number of β-amino-alcohol motifs (C(OH)–C–C–N with tert-alkyl or cyclic N) is 1. The maximum Gasteiger partial charge on any atom is 0.324 e. The molecule has 0 radical (unpaired) electrons. The molecule has 0 aromatic heterocycles. The lowest BCUT2D eigenvalue weighted by Crippen LogP contribution is -2.41. The highest BCUT2D eigenvalue weighted by Crippen LogP contribution is 2.28. The molecule has 1 saturated heterocycles. The molecule has 0 saturated carbocycles. The van der Waals surface area contributed by atoms with Crippen LogP contribution in [-0.2, 0) is 19.6 Å². The number of hydrogen-bond donors (Lipinski definition) is 1. The fourth-order valence-electron chi connectivity index (χ4n) is 2.20. The molecule has 1 heterocycles. The summed E-state index contributed by atoms with van der Waals surface area (Å²) in [6.45, 7) is -0.391. The molecule has 21 heavy (non-hydrogen) atoms. The number of halogens is 2. The van der Waals surface area contributed by atoms with Gasteiger partial charge in [0.25, 0.3) is 0 Å². The van der Waals surface area contributed by atoms with Gasteiger partial charge in [0.1, 0.15) is 22.6 Å². The Kier molecular flexibility index (Phi) is 4.26. The zero-order valence-corrected chi connectivity index (χ0v) is 11.8. The Labute approximate surface area is 120 Å². The van der Waals surface area contributed by atoms with E-state index in [1.807, 2.05) is 0 Å². The maximum atomic E-state index is 13.7.